The summed E-state index contributed by atoms with van der Waals surface area (Å²) < 4.78 is 40.0. The molecule has 0 unspecified atom stereocenters. The van der Waals surface area contributed by atoms with E-state index in [1.165, 1.54) is 0 Å². The SMILES string of the molecule is FC(F)(F)c1cc(NC2CCN(CCn3ccnc3)CC2)ncn1. The van der Waals surface area contributed by atoms with E-state index in [1.807, 2.05) is 10.8 Å². The van der Waals surface area contributed by atoms with E-state index in [4.69, 9.17) is 0 Å². The van der Waals surface area contributed by atoms with Crippen molar-refractivity contribution in [2.75, 3.05) is 25.0 Å². The minimum Gasteiger partial charge on any atom is -0.367 e. The molecule has 1 aliphatic rings. The number of likely N-dealkylation sites (tertiary alicyclic amines) is 1. The fraction of sp³-hybridized carbons (Fsp3) is 0.533. The second kappa shape index (κ2) is 7.16. The minimum absolute atomic E-state index is 0.130. The monoisotopic (exact) mass is 340 g/mol. The third-order valence-corrected chi connectivity index (χ3v) is 4.13. The molecule has 0 atom stereocenters. The van der Waals surface area contributed by atoms with Gasteiger partial charge in [0.25, 0.3) is 0 Å². The van der Waals surface area contributed by atoms with Gasteiger partial charge >= 0.3 is 6.18 Å². The van der Waals surface area contributed by atoms with Gasteiger partial charge in [-0.05, 0) is 12.8 Å². The third kappa shape index (κ3) is 4.44. The summed E-state index contributed by atoms with van der Waals surface area (Å²) >= 11 is 0. The van der Waals surface area contributed by atoms with E-state index >= 15 is 0 Å². The number of imidazole rings is 1. The van der Waals surface area contributed by atoms with Crippen molar-refractivity contribution in [3.63, 3.8) is 0 Å². The van der Waals surface area contributed by atoms with Gasteiger partial charge in [0, 0.05) is 50.7 Å². The number of rotatable bonds is 5. The van der Waals surface area contributed by atoms with E-state index in [1.54, 1.807) is 12.5 Å². The first-order valence-electron chi connectivity index (χ1n) is 7.84. The number of anilines is 1. The van der Waals surface area contributed by atoms with Gasteiger partial charge in [-0.25, -0.2) is 15.0 Å². The molecule has 3 rings (SSSR count). The molecule has 1 N–H and O–H groups in total. The fourth-order valence-electron chi connectivity index (χ4n) is 2.78. The Bertz CT molecular complexity index is 635. The average molecular weight is 340 g/mol. The van der Waals surface area contributed by atoms with Crippen LogP contribution in [0.5, 0.6) is 0 Å². The molecular weight excluding hydrogens is 321 g/mol. The predicted octanol–water partition coefficient (Wildman–Crippen LogP) is 2.27. The van der Waals surface area contributed by atoms with Crippen LogP contribution in [0.4, 0.5) is 19.0 Å². The number of nitrogens with zero attached hydrogens (tertiary/aromatic N) is 5. The third-order valence-electron chi connectivity index (χ3n) is 4.13. The molecule has 0 saturated carbocycles. The van der Waals surface area contributed by atoms with Gasteiger partial charge in [-0.1, -0.05) is 0 Å². The molecule has 0 radical (unpaired) electrons. The number of nitrogens with one attached hydrogen (secondary N) is 1. The second-order valence-corrected chi connectivity index (χ2v) is 5.85. The van der Waals surface area contributed by atoms with Gasteiger partial charge in [0.2, 0.25) is 0 Å². The molecule has 1 aliphatic heterocycles. The Labute approximate surface area is 137 Å². The molecule has 6 nitrogen and oxygen atoms in total. The molecule has 0 spiro atoms. The smallest absolute Gasteiger partial charge is 0.367 e. The van der Waals surface area contributed by atoms with E-state index < -0.39 is 11.9 Å². The summed E-state index contributed by atoms with van der Waals surface area (Å²) in [6.07, 6.45) is 3.72. The van der Waals surface area contributed by atoms with Gasteiger partial charge in [-0.2, -0.15) is 13.2 Å². The topological polar surface area (TPSA) is 58.9 Å². The van der Waals surface area contributed by atoms with Crippen LogP contribution in [0.3, 0.4) is 0 Å². The molecule has 9 heteroatoms. The van der Waals surface area contributed by atoms with E-state index in [2.05, 4.69) is 25.2 Å². The Hall–Kier alpha value is -2.16. The van der Waals surface area contributed by atoms with Gasteiger partial charge in [-0.15, -0.1) is 0 Å². The quantitative estimate of drug-likeness (QED) is 0.905. The van der Waals surface area contributed by atoms with E-state index in [0.717, 1.165) is 51.4 Å². The van der Waals surface area contributed by atoms with E-state index in [9.17, 15) is 13.2 Å². The molecule has 0 aliphatic carbocycles. The highest BCUT2D eigenvalue weighted by molar-refractivity contribution is 5.36. The molecule has 0 aromatic carbocycles. The number of piperidine rings is 1. The van der Waals surface area contributed by atoms with E-state index in [0.29, 0.717) is 0 Å². The summed E-state index contributed by atoms with van der Waals surface area (Å²) in [5, 5.41) is 3.09. The molecule has 130 valence electrons. The van der Waals surface area contributed by atoms with Crippen molar-refractivity contribution in [3.8, 4) is 0 Å². The summed E-state index contributed by atoms with van der Waals surface area (Å²) in [7, 11) is 0. The zero-order valence-electron chi connectivity index (χ0n) is 13.1. The number of alkyl halides is 3. The lowest BCUT2D eigenvalue weighted by Crippen LogP contribution is -2.40. The van der Waals surface area contributed by atoms with Crippen LogP contribution in [0.25, 0.3) is 0 Å². The first kappa shape index (κ1) is 16.7. The first-order chi connectivity index (χ1) is 11.5. The summed E-state index contributed by atoms with van der Waals surface area (Å²) in [6, 6.07) is 1.09. The standard InChI is InChI=1S/C15H19F3N6/c16-15(17,18)13-9-14(21-10-20-13)22-12-1-4-23(5-2-12)7-8-24-6-3-19-11-24/h3,6,9-12H,1-2,4-5,7-8H2,(H,20,21,22). The van der Waals surface area contributed by atoms with Gasteiger partial charge in [0.05, 0.1) is 6.33 Å². The lowest BCUT2D eigenvalue weighted by molar-refractivity contribution is -0.141. The molecule has 1 saturated heterocycles. The van der Waals surface area contributed by atoms with E-state index in [-0.39, 0.29) is 11.9 Å². The normalized spacial score (nSPS) is 17.1. The lowest BCUT2D eigenvalue weighted by atomic mass is 10.1. The second-order valence-electron chi connectivity index (χ2n) is 5.85. The molecule has 3 heterocycles. The number of hydrogen-bond acceptors (Lipinski definition) is 5. The van der Waals surface area contributed by atoms with Crippen LogP contribution in [-0.2, 0) is 12.7 Å². The Morgan fingerprint density at radius 2 is 1.96 bits per heavy atom. The Balaban J connectivity index is 1.47. The fourth-order valence-corrected chi connectivity index (χ4v) is 2.78. The number of hydrogen-bond donors (Lipinski definition) is 1. The summed E-state index contributed by atoms with van der Waals surface area (Å²) in [4.78, 5) is 13.5. The molecule has 24 heavy (non-hydrogen) atoms. The van der Waals surface area contributed by atoms with Gasteiger partial charge in [-0.3, -0.25) is 0 Å². The van der Waals surface area contributed by atoms with Gasteiger partial charge in [0.15, 0.2) is 0 Å². The zero-order valence-corrected chi connectivity index (χ0v) is 13.1. The minimum atomic E-state index is -4.45. The van der Waals surface area contributed by atoms with Crippen LogP contribution in [0.1, 0.15) is 18.5 Å². The van der Waals surface area contributed by atoms with Crippen molar-refractivity contribution in [2.24, 2.45) is 0 Å². The van der Waals surface area contributed by atoms with Crippen LogP contribution in [-0.4, -0.2) is 50.1 Å². The lowest BCUT2D eigenvalue weighted by Gasteiger charge is -2.32. The van der Waals surface area contributed by atoms with Crippen molar-refractivity contribution in [1.82, 2.24) is 24.4 Å². The zero-order chi connectivity index (χ0) is 17.0. The highest BCUT2D eigenvalue weighted by Crippen LogP contribution is 2.28. The summed E-state index contributed by atoms with van der Waals surface area (Å²) in [5.74, 6) is 0.231. The van der Waals surface area contributed by atoms with Crippen LogP contribution in [0.15, 0.2) is 31.1 Å². The van der Waals surface area contributed by atoms with Crippen LogP contribution in [0.2, 0.25) is 0 Å². The Morgan fingerprint density at radius 1 is 1.17 bits per heavy atom. The molecule has 0 bridgehead atoms. The van der Waals surface area contributed by atoms with Crippen LogP contribution in [0, 0.1) is 0 Å². The van der Waals surface area contributed by atoms with Gasteiger partial charge < -0.3 is 14.8 Å². The first-order valence-corrected chi connectivity index (χ1v) is 7.84. The maximum Gasteiger partial charge on any atom is 0.433 e. The van der Waals surface area contributed by atoms with Crippen molar-refractivity contribution in [2.45, 2.75) is 31.6 Å². The molecule has 2 aromatic heterocycles. The van der Waals surface area contributed by atoms with Crippen LogP contribution >= 0.6 is 0 Å². The van der Waals surface area contributed by atoms with Crippen molar-refractivity contribution < 1.29 is 13.2 Å². The Morgan fingerprint density at radius 3 is 2.62 bits per heavy atom. The highest BCUT2D eigenvalue weighted by atomic mass is 19.4. The summed E-state index contributed by atoms with van der Waals surface area (Å²) in [5.41, 5.74) is -0.919. The molecule has 1 fully saturated rings. The van der Waals surface area contributed by atoms with Gasteiger partial charge in [0.1, 0.15) is 17.8 Å². The van der Waals surface area contributed by atoms with Crippen LogP contribution < -0.4 is 5.32 Å². The number of halogens is 3. The Kier molecular flexibility index (Phi) is 4.98. The summed E-state index contributed by atoms with van der Waals surface area (Å²) in [6.45, 7) is 3.64. The maximum absolute atomic E-state index is 12.7. The average Bonchev–Trinajstić information content (AvgIpc) is 3.07. The number of aromatic nitrogens is 4. The highest BCUT2D eigenvalue weighted by Gasteiger charge is 2.33. The van der Waals surface area contributed by atoms with Crippen molar-refractivity contribution in [1.29, 1.82) is 0 Å². The molecule has 2 aromatic rings. The largest absolute Gasteiger partial charge is 0.433 e. The maximum atomic E-state index is 12.7. The van der Waals surface area contributed by atoms with Crippen molar-refractivity contribution in [3.05, 3.63) is 36.8 Å². The van der Waals surface area contributed by atoms with Crippen molar-refractivity contribution >= 4 is 5.82 Å². The predicted molar refractivity (Wildman–Crippen MR) is 82.3 cm³/mol. The molecule has 0 amide bonds. The molecular formula is C15H19F3N6.